The van der Waals surface area contributed by atoms with E-state index < -0.39 is 0 Å². The van der Waals surface area contributed by atoms with Gasteiger partial charge in [-0.05, 0) is 23.8 Å². The molecule has 0 saturated carbocycles. The highest BCUT2D eigenvalue weighted by Crippen LogP contribution is 2.28. The molecule has 4 aromatic rings. The second-order valence-corrected chi connectivity index (χ2v) is 5.68. The SMILES string of the molecule is COc1cccc2c[n+]3cccc(OCc4ccccc4)c3cc12. The summed E-state index contributed by atoms with van der Waals surface area (Å²) in [5.74, 6) is 1.72. The lowest BCUT2D eigenvalue weighted by Gasteiger charge is -2.08. The maximum Gasteiger partial charge on any atom is 0.253 e. The van der Waals surface area contributed by atoms with E-state index in [4.69, 9.17) is 9.47 Å². The van der Waals surface area contributed by atoms with E-state index >= 15 is 0 Å². The molecule has 0 atom stereocenters. The molecule has 2 heterocycles. The van der Waals surface area contributed by atoms with E-state index in [0.717, 1.165) is 33.4 Å². The summed E-state index contributed by atoms with van der Waals surface area (Å²) < 4.78 is 13.6. The van der Waals surface area contributed by atoms with E-state index in [0.29, 0.717) is 6.61 Å². The lowest BCUT2D eigenvalue weighted by atomic mass is 10.1. The van der Waals surface area contributed by atoms with Crippen LogP contribution in [-0.2, 0) is 6.61 Å². The molecule has 0 aliphatic carbocycles. The number of benzene rings is 2. The fourth-order valence-corrected chi connectivity index (χ4v) is 2.92. The van der Waals surface area contributed by atoms with Gasteiger partial charge in [0.15, 0.2) is 18.1 Å². The van der Waals surface area contributed by atoms with Crippen molar-refractivity contribution in [2.75, 3.05) is 7.11 Å². The molecular formula is C21H18NO2+. The minimum atomic E-state index is 0.546. The Morgan fingerprint density at radius 2 is 1.71 bits per heavy atom. The van der Waals surface area contributed by atoms with Gasteiger partial charge in [-0.25, -0.2) is 0 Å². The van der Waals surface area contributed by atoms with Crippen molar-refractivity contribution in [3.63, 3.8) is 0 Å². The third-order valence-corrected chi connectivity index (χ3v) is 4.14. The van der Waals surface area contributed by atoms with E-state index in [9.17, 15) is 0 Å². The first-order valence-corrected chi connectivity index (χ1v) is 7.92. The average molecular weight is 316 g/mol. The average Bonchev–Trinajstić information content (AvgIpc) is 2.65. The summed E-state index contributed by atoms with van der Waals surface area (Å²) in [4.78, 5) is 0. The van der Waals surface area contributed by atoms with Gasteiger partial charge in [0.05, 0.1) is 7.11 Å². The predicted molar refractivity (Wildman–Crippen MR) is 94.4 cm³/mol. The zero-order valence-corrected chi connectivity index (χ0v) is 13.5. The molecule has 0 aliphatic heterocycles. The van der Waals surface area contributed by atoms with Crippen molar-refractivity contribution in [2.45, 2.75) is 6.61 Å². The van der Waals surface area contributed by atoms with Gasteiger partial charge in [-0.3, -0.25) is 0 Å². The minimum Gasteiger partial charge on any atom is -0.496 e. The summed E-state index contributed by atoms with van der Waals surface area (Å²) in [5.41, 5.74) is 2.17. The number of rotatable bonds is 4. The topological polar surface area (TPSA) is 22.6 Å². The molecule has 0 saturated heterocycles. The highest BCUT2D eigenvalue weighted by atomic mass is 16.5. The molecule has 3 heteroatoms. The van der Waals surface area contributed by atoms with Crippen molar-refractivity contribution >= 4 is 16.3 Å². The van der Waals surface area contributed by atoms with Crippen LogP contribution in [0.5, 0.6) is 11.5 Å². The first kappa shape index (κ1) is 14.5. The quantitative estimate of drug-likeness (QED) is 0.416. The van der Waals surface area contributed by atoms with Gasteiger partial charge in [-0.1, -0.05) is 36.4 Å². The Kier molecular flexibility index (Phi) is 3.75. The maximum absolute atomic E-state index is 6.07. The van der Waals surface area contributed by atoms with Crippen molar-refractivity contribution in [2.24, 2.45) is 0 Å². The van der Waals surface area contributed by atoms with E-state index in [1.165, 1.54) is 0 Å². The number of ether oxygens (including phenoxy) is 2. The number of hydrogen-bond acceptors (Lipinski definition) is 2. The molecule has 0 aliphatic rings. The third kappa shape index (κ3) is 2.65. The van der Waals surface area contributed by atoms with Gasteiger partial charge in [0, 0.05) is 22.9 Å². The van der Waals surface area contributed by atoms with Crippen molar-refractivity contribution in [1.29, 1.82) is 0 Å². The first-order chi connectivity index (χ1) is 11.8. The Morgan fingerprint density at radius 1 is 0.875 bits per heavy atom. The summed E-state index contributed by atoms with van der Waals surface area (Å²) in [6, 6.07) is 22.4. The number of pyridine rings is 2. The van der Waals surface area contributed by atoms with Crippen LogP contribution in [0.4, 0.5) is 0 Å². The highest BCUT2D eigenvalue weighted by Gasteiger charge is 2.13. The fourth-order valence-electron chi connectivity index (χ4n) is 2.92. The number of hydrogen-bond donors (Lipinski definition) is 0. The molecule has 3 nitrogen and oxygen atoms in total. The molecule has 24 heavy (non-hydrogen) atoms. The van der Waals surface area contributed by atoms with Crippen LogP contribution in [0.25, 0.3) is 16.3 Å². The largest absolute Gasteiger partial charge is 0.496 e. The third-order valence-electron chi connectivity index (χ3n) is 4.14. The number of aromatic nitrogens is 1. The van der Waals surface area contributed by atoms with Crippen LogP contribution < -0.4 is 13.9 Å². The maximum atomic E-state index is 6.07. The van der Waals surface area contributed by atoms with E-state index in [1.807, 2.05) is 48.7 Å². The lowest BCUT2D eigenvalue weighted by molar-refractivity contribution is -0.510. The molecule has 0 N–H and O–H groups in total. The summed E-state index contributed by atoms with van der Waals surface area (Å²) >= 11 is 0. The summed E-state index contributed by atoms with van der Waals surface area (Å²) in [6.45, 7) is 0.546. The van der Waals surface area contributed by atoms with Crippen molar-refractivity contribution in [1.82, 2.24) is 0 Å². The number of nitrogens with zero attached hydrogens (tertiary/aromatic N) is 1. The molecule has 4 rings (SSSR count). The van der Waals surface area contributed by atoms with Gasteiger partial charge in [0.25, 0.3) is 5.52 Å². The van der Waals surface area contributed by atoms with Crippen molar-refractivity contribution < 1.29 is 13.9 Å². The first-order valence-electron chi connectivity index (χ1n) is 7.92. The molecule has 0 amide bonds. The second kappa shape index (κ2) is 6.20. The highest BCUT2D eigenvalue weighted by molar-refractivity contribution is 5.90. The minimum absolute atomic E-state index is 0.546. The summed E-state index contributed by atoms with van der Waals surface area (Å²) in [6.07, 6.45) is 4.13. The second-order valence-electron chi connectivity index (χ2n) is 5.68. The predicted octanol–water partition coefficient (Wildman–Crippen LogP) is 4.17. The van der Waals surface area contributed by atoms with E-state index in [-0.39, 0.29) is 0 Å². The van der Waals surface area contributed by atoms with E-state index in [1.54, 1.807) is 7.11 Å². The Bertz CT molecular complexity index is 996. The van der Waals surface area contributed by atoms with E-state index in [2.05, 4.69) is 34.9 Å². The Balaban J connectivity index is 1.79. The monoisotopic (exact) mass is 316 g/mol. The summed E-state index contributed by atoms with van der Waals surface area (Å²) in [5, 5.41) is 2.21. The Labute approximate surface area is 140 Å². The molecule has 0 radical (unpaired) electrons. The number of methoxy groups -OCH3 is 1. The van der Waals surface area contributed by atoms with Gasteiger partial charge >= 0.3 is 0 Å². The molecule has 0 spiro atoms. The van der Waals surface area contributed by atoms with Gasteiger partial charge < -0.3 is 9.47 Å². The molecule has 0 bridgehead atoms. The molecule has 0 fully saturated rings. The van der Waals surface area contributed by atoms with Gasteiger partial charge in [-0.2, -0.15) is 4.40 Å². The smallest absolute Gasteiger partial charge is 0.253 e. The Hall–Kier alpha value is -3.07. The zero-order valence-electron chi connectivity index (χ0n) is 13.5. The van der Waals surface area contributed by atoms with Crippen LogP contribution in [0.1, 0.15) is 5.56 Å². The summed E-state index contributed by atoms with van der Waals surface area (Å²) in [7, 11) is 1.70. The normalized spacial score (nSPS) is 10.9. The van der Waals surface area contributed by atoms with Crippen LogP contribution in [-0.4, -0.2) is 7.11 Å². The molecule has 118 valence electrons. The van der Waals surface area contributed by atoms with Gasteiger partial charge in [0.2, 0.25) is 0 Å². The van der Waals surface area contributed by atoms with Crippen LogP contribution in [0.2, 0.25) is 0 Å². The lowest BCUT2D eigenvalue weighted by Crippen LogP contribution is -2.21. The molecule has 0 unspecified atom stereocenters. The Morgan fingerprint density at radius 3 is 2.54 bits per heavy atom. The van der Waals surface area contributed by atoms with Crippen LogP contribution in [0.15, 0.2) is 79.1 Å². The number of fused-ring (bicyclic) bond motifs is 2. The van der Waals surface area contributed by atoms with Crippen molar-refractivity contribution in [3.8, 4) is 11.5 Å². The van der Waals surface area contributed by atoms with Gasteiger partial charge in [-0.15, -0.1) is 0 Å². The molecular weight excluding hydrogens is 298 g/mol. The van der Waals surface area contributed by atoms with Crippen molar-refractivity contribution in [3.05, 3.63) is 84.7 Å². The molecule has 2 aromatic heterocycles. The zero-order chi connectivity index (χ0) is 16.4. The standard InChI is InChI=1S/C21H18NO2/c1-23-20-10-5-9-17-14-22-12-6-11-21(19(22)13-18(17)20)24-15-16-7-3-2-4-8-16/h2-14H,15H2,1H3/q+1. The van der Waals surface area contributed by atoms with Crippen LogP contribution in [0, 0.1) is 0 Å². The molecule has 2 aromatic carbocycles. The van der Waals surface area contributed by atoms with Crippen LogP contribution in [0.3, 0.4) is 0 Å². The van der Waals surface area contributed by atoms with Gasteiger partial charge in [0.1, 0.15) is 12.4 Å². The van der Waals surface area contributed by atoms with Crippen LogP contribution >= 0.6 is 0 Å². The fraction of sp³-hybridized carbons (Fsp3) is 0.0952.